The lowest BCUT2D eigenvalue weighted by Gasteiger charge is -2.58. The monoisotopic (exact) mass is 371 g/mol. The second kappa shape index (κ2) is 6.46. The van der Waals surface area contributed by atoms with E-state index in [4.69, 9.17) is 0 Å². The standard InChI is InChI=1S/C24H37NO2/c1-22(2,3)25-21(27)15-24-11-5-6-20(24)18-8-7-16-14-17(26)9-12-23(16,4)19(18)10-13-24/h9,12,16,18-20H,5-8,10-11,13-15H2,1-4H3,(H,25,27)/t16?,18-,19+,20+,23+,24+/m1/s1. The smallest absolute Gasteiger partial charge is 0.220 e. The van der Waals surface area contributed by atoms with Gasteiger partial charge in [-0.2, -0.15) is 0 Å². The van der Waals surface area contributed by atoms with Crippen molar-refractivity contribution in [3.8, 4) is 0 Å². The summed E-state index contributed by atoms with van der Waals surface area (Å²) in [6.07, 6.45) is 14.3. The van der Waals surface area contributed by atoms with Crippen LogP contribution in [0, 0.1) is 34.5 Å². The Balaban J connectivity index is 1.56. The van der Waals surface area contributed by atoms with E-state index in [0.717, 1.165) is 12.3 Å². The molecule has 0 spiro atoms. The first-order valence-electron chi connectivity index (χ1n) is 11.2. The molecule has 4 aliphatic rings. The van der Waals surface area contributed by atoms with Gasteiger partial charge in [-0.15, -0.1) is 0 Å². The van der Waals surface area contributed by atoms with Crippen molar-refractivity contribution in [2.75, 3.05) is 0 Å². The predicted molar refractivity (Wildman–Crippen MR) is 108 cm³/mol. The minimum Gasteiger partial charge on any atom is -0.351 e. The Bertz CT molecular complexity index is 660. The molecule has 27 heavy (non-hydrogen) atoms. The van der Waals surface area contributed by atoms with Gasteiger partial charge in [-0.25, -0.2) is 0 Å². The van der Waals surface area contributed by atoms with Crippen LogP contribution in [0.25, 0.3) is 0 Å². The minimum atomic E-state index is -0.149. The summed E-state index contributed by atoms with van der Waals surface area (Å²) in [4.78, 5) is 24.7. The topological polar surface area (TPSA) is 46.2 Å². The third-order valence-electron chi connectivity index (χ3n) is 8.59. The third kappa shape index (κ3) is 3.29. The number of rotatable bonds is 2. The van der Waals surface area contributed by atoms with Crippen molar-refractivity contribution in [2.45, 2.75) is 91.0 Å². The van der Waals surface area contributed by atoms with Gasteiger partial charge in [0.15, 0.2) is 5.78 Å². The summed E-state index contributed by atoms with van der Waals surface area (Å²) in [5.74, 6) is 3.24. The lowest BCUT2D eigenvalue weighted by atomic mass is 9.46. The summed E-state index contributed by atoms with van der Waals surface area (Å²) < 4.78 is 0. The van der Waals surface area contributed by atoms with E-state index in [-0.39, 0.29) is 22.3 Å². The molecule has 0 saturated heterocycles. The number of carbonyl (C=O) groups is 2. The Morgan fingerprint density at radius 1 is 1.15 bits per heavy atom. The maximum absolute atomic E-state index is 12.8. The molecule has 1 N–H and O–H groups in total. The second-order valence-electron chi connectivity index (χ2n) is 11.3. The fourth-order valence-corrected chi connectivity index (χ4v) is 7.52. The number of allylic oxidation sites excluding steroid dienone is 2. The van der Waals surface area contributed by atoms with Gasteiger partial charge in [0.1, 0.15) is 0 Å². The van der Waals surface area contributed by atoms with Crippen LogP contribution in [0.5, 0.6) is 0 Å². The van der Waals surface area contributed by atoms with E-state index in [1.807, 2.05) is 6.08 Å². The molecule has 1 unspecified atom stereocenters. The van der Waals surface area contributed by atoms with E-state index >= 15 is 0 Å². The molecule has 0 aliphatic heterocycles. The Kier molecular flexibility index (Phi) is 4.59. The minimum absolute atomic E-state index is 0.149. The molecule has 6 atom stereocenters. The zero-order valence-corrected chi connectivity index (χ0v) is 17.6. The number of carbonyl (C=O) groups excluding carboxylic acids is 2. The summed E-state index contributed by atoms with van der Waals surface area (Å²) in [7, 11) is 0. The Labute approximate surface area is 164 Å². The largest absolute Gasteiger partial charge is 0.351 e. The van der Waals surface area contributed by atoms with Gasteiger partial charge in [0, 0.05) is 18.4 Å². The van der Waals surface area contributed by atoms with Crippen LogP contribution in [0.2, 0.25) is 0 Å². The van der Waals surface area contributed by atoms with Crippen molar-refractivity contribution >= 4 is 11.7 Å². The highest BCUT2D eigenvalue weighted by Crippen LogP contribution is 2.66. The normalized spacial score (nSPS) is 43.6. The van der Waals surface area contributed by atoms with Crippen molar-refractivity contribution in [1.29, 1.82) is 0 Å². The maximum atomic E-state index is 12.8. The molecule has 0 aromatic heterocycles. The molecule has 0 heterocycles. The van der Waals surface area contributed by atoms with E-state index in [1.54, 1.807) is 0 Å². The van der Waals surface area contributed by atoms with E-state index in [1.165, 1.54) is 44.9 Å². The number of amides is 1. The van der Waals surface area contributed by atoms with E-state index in [2.05, 4.69) is 39.1 Å². The highest BCUT2D eigenvalue weighted by Gasteiger charge is 2.58. The van der Waals surface area contributed by atoms with Crippen LogP contribution < -0.4 is 5.32 Å². The van der Waals surface area contributed by atoms with Crippen LogP contribution >= 0.6 is 0 Å². The van der Waals surface area contributed by atoms with Gasteiger partial charge in [-0.1, -0.05) is 19.4 Å². The number of nitrogens with one attached hydrogen (secondary N) is 1. The van der Waals surface area contributed by atoms with Crippen LogP contribution in [-0.4, -0.2) is 17.2 Å². The van der Waals surface area contributed by atoms with Crippen molar-refractivity contribution in [2.24, 2.45) is 34.5 Å². The van der Waals surface area contributed by atoms with Gasteiger partial charge in [-0.3, -0.25) is 9.59 Å². The number of hydrogen-bond donors (Lipinski definition) is 1. The zero-order chi connectivity index (χ0) is 19.4. The molecule has 0 aromatic rings. The molecular formula is C24H37NO2. The van der Waals surface area contributed by atoms with Gasteiger partial charge < -0.3 is 5.32 Å². The Morgan fingerprint density at radius 2 is 1.93 bits per heavy atom. The fourth-order valence-electron chi connectivity index (χ4n) is 7.52. The lowest BCUT2D eigenvalue weighted by Crippen LogP contribution is -2.53. The van der Waals surface area contributed by atoms with Gasteiger partial charge >= 0.3 is 0 Å². The first kappa shape index (κ1) is 19.2. The van der Waals surface area contributed by atoms with Gasteiger partial charge in [-0.05, 0) is 99.9 Å². The average molecular weight is 372 g/mol. The van der Waals surface area contributed by atoms with Crippen LogP contribution in [0.3, 0.4) is 0 Å². The van der Waals surface area contributed by atoms with Crippen LogP contribution in [0.4, 0.5) is 0 Å². The number of hydrogen-bond acceptors (Lipinski definition) is 2. The molecule has 3 heteroatoms. The summed E-state index contributed by atoms with van der Waals surface area (Å²) in [5.41, 5.74) is 0.275. The summed E-state index contributed by atoms with van der Waals surface area (Å²) in [6.45, 7) is 8.64. The van der Waals surface area contributed by atoms with E-state index < -0.39 is 0 Å². The van der Waals surface area contributed by atoms with Crippen LogP contribution in [0.1, 0.15) is 85.5 Å². The van der Waals surface area contributed by atoms with Gasteiger partial charge in [0.25, 0.3) is 0 Å². The molecule has 0 aromatic carbocycles. The molecule has 3 saturated carbocycles. The van der Waals surface area contributed by atoms with Crippen LogP contribution in [-0.2, 0) is 9.59 Å². The van der Waals surface area contributed by atoms with Gasteiger partial charge in [0.05, 0.1) is 0 Å². The Morgan fingerprint density at radius 3 is 2.67 bits per heavy atom. The molecule has 4 aliphatic carbocycles. The first-order chi connectivity index (χ1) is 12.6. The zero-order valence-electron chi connectivity index (χ0n) is 17.6. The predicted octanol–water partition coefficient (Wildman–Crippen LogP) is 5.05. The molecule has 0 radical (unpaired) electrons. The average Bonchev–Trinajstić information content (AvgIpc) is 2.97. The summed E-state index contributed by atoms with van der Waals surface area (Å²) >= 11 is 0. The van der Waals surface area contributed by atoms with Crippen LogP contribution in [0.15, 0.2) is 12.2 Å². The van der Waals surface area contributed by atoms with Crippen molar-refractivity contribution in [1.82, 2.24) is 5.32 Å². The SMILES string of the molecule is CC(C)(C)NC(=O)C[C@@]12CCC[C@H]1[C@@H]1CCC3CC(=O)C=C[C@]3(C)[C@H]1CC2. The first-order valence-corrected chi connectivity index (χ1v) is 11.2. The number of fused-ring (bicyclic) bond motifs is 5. The molecule has 4 rings (SSSR count). The van der Waals surface area contributed by atoms with E-state index in [0.29, 0.717) is 30.0 Å². The Hall–Kier alpha value is -1.12. The van der Waals surface area contributed by atoms with Crippen molar-refractivity contribution in [3.63, 3.8) is 0 Å². The van der Waals surface area contributed by atoms with E-state index in [9.17, 15) is 9.59 Å². The summed E-state index contributed by atoms with van der Waals surface area (Å²) in [5, 5.41) is 3.22. The van der Waals surface area contributed by atoms with Crippen molar-refractivity contribution < 1.29 is 9.59 Å². The highest BCUT2D eigenvalue weighted by atomic mass is 16.1. The number of ketones is 1. The van der Waals surface area contributed by atoms with Crippen molar-refractivity contribution in [3.05, 3.63) is 12.2 Å². The quantitative estimate of drug-likeness (QED) is 0.738. The molecular weight excluding hydrogens is 334 g/mol. The molecule has 0 bridgehead atoms. The lowest BCUT2D eigenvalue weighted by molar-refractivity contribution is -0.132. The maximum Gasteiger partial charge on any atom is 0.220 e. The highest BCUT2D eigenvalue weighted by molar-refractivity contribution is 5.91. The molecule has 150 valence electrons. The summed E-state index contributed by atoms with van der Waals surface area (Å²) in [6, 6.07) is 0. The second-order valence-corrected chi connectivity index (χ2v) is 11.3. The third-order valence-corrected chi connectivity index (χ3v) is 8.59. The fraction of sp³-hybridized carbons (Fsp3) is 0.833. The van der Waals surface area contributed by atoms with Gasteiger partial charge in [0.2, 0.25) is 5.91 Å². The molecule has 3 nitrogen and oxygen atoms in total. The molecule has 3 fully saturated rings. The molecule has 1 amide bonds.